The fourth-order valence-corrected chi connectivity index (χ4v) is 2.46. The lowest BCUT2D eigenvalue weighted by molar-refractivity contribution is 0.0958. The number of carbonyl (C=O) groups excluding carboxylic acids is 1. The second-order valence-electron chi connectivity index (χ2n) is 4.10. The zero-order valence-corrected chi connectivity index (χ0v) is 12.2. The van der Waals surface area contributed by atoms with E-state index in [-0.39, 0.29) is 11.7 Å². The van der Waals surface area contributed by atoms with Gasteiger partial charge in [-0.3, -0.25) is 9.48 Å². The molecule has 2 aromatic heterocycles. The number of hydrogen-bond acceptors (Lipinski definition) is 7. The average Bonchev–Trinajstić information content (AvgIpc) is 2.96. The van der Waals surface area contributed by atoms with Crippen LogP contribution in [-0.4, -0.2) is 38.7 Å². The first kappa shape index (κ1) is 14.3. The number of nitrogen functional groups attached to an aromatic ring is 1. The SMILES string of the molecule is CCNc1nc(N)c(C(=O)NCCc2ncn(C)n2)s1. The van der Waals surface area contributed by atoms with Gasteiger partial charge in [0, 0.05) is 26.6 Å². The average molecular weight is 295 g/mol. The number of rotatable bonds is 6. The summed E-state index contributed by atoms with van der Waals surface area (Å²) in [7, 11) is 1.80. The van der Waals surface area contributed by atoms with Crippen LogP contribution in [0.5, 0.6) is 0 Å². The summed E-state index contributed by atoms with van der Waals surface area (Å²) in [6.45, 7) is 3.15. The first-order chi connectivity index (χ1) is 9.60. The van der Waals surface area contributed by atoms with Crippen LogP contribution in [0.15, 0.2) is 6.33 Å². The lowest BCUT2D eigenvalue weighted by atomic mass is 10.4. The first-order valence-corrected chi connectivity index (χ1v) is 7.04. The van der Waals surface area contributed by atoms with Crippen LogP contribution in [0.25, 0.3) is 0 Å². The molecule has 0 fully saturated rings. The van der Waals surface area contributed by atoms with Crippen LogP contribution in [0.4, 0.5) is 10.9 Å². The molecule has 2 aromatic rings. The van der Waals surface area contributed by atoms with Crippen molar-refractivity contribution in [3.05, 3.63) is 17.0 Å². The van der Waals surface area contributed by atoms with Gasteiger partial charge in [0.25, 0.3) is 5.91 Å². The normalized spacial score (nSPS) is 10.5. The Morgan fingerprint density at radius 3 is 3.00 bits per heavy atom. The summed E-state index contributed by atoms with van der Waals surface area (Å²) in [4.78, 5) is 20.6. The molecule has 20 heavy (non-hydrogen) atoms. The van der Waals surface area contributed by atoms with E-state index in [1.165, 1.54) is 11.3 Å². The van der Waals surface area contributed by atoms with E-state index in [4.69, 9.17) is 5.73 Å². The first-order valence-electron chi connectivity index (χ1n) is 6.23. The monoisotopic (exact) mass is 295 g/mol. The van der Waals surface area contributed by atoms with Gasteiger partial charge in [0.05, 0.1) is 0 Å². The third-order valence-electron chi connectivity index (χ3n) is 2.47. The maximum atomic E-state index is 12.0. The van der Waals surface area contributed by atoms with Crippen LogP contribution in [0.2, 0.25) is 0 Å². The van der Waals surface area contributed by atoms with Crippen molar-refractivity contribution in [2.24, 2.45) is 7.05 Å². The topological polar surface area (TPSA) is 111 Å². The summed E-state index contributed by atoms with van der Waals surface area (Å²) in [5, 5.41) is 10.6. The molecule has 0 aromatic carbocycles. The molecule has 0 aliphatic heterocycles. The Labute approximate surface area is 120 Å². The summed E-state index contributed by atoms with van der Waals surface area (Å²) < 4.78 is 1.63. The molecule has 4 N–H and O–H groups in total. The lowest BCUT2D eigenvalue weighted by Gasteiger charge is -2.01. The minimum absolute atomic E-state index is 0.222. The van der Waals surface area contributed by atoms with Gasteiger partial charge in [0.2, 0.25) is 0 Å². The number of nitrogens with zero attached hydrogens (tertiary/aromatic N) is 4. The summed E-state index contributed by atoms with van der Waals surface area (Å²) in [5.74, 6) is 0.720. The third-order valence-corrected chi connectivity index (χ3v) is 3.50. The Morgan fingerprint density at radius 2 is 2.35 bits per heavy atom. The molecular weight excluding hydrogens is 278 g/mol. The van der Waals surface area contributed by atoms with E-state index in [0.717, 1.165) is 6.54 Å². The third kappa shape index (κ3) is 3.44. The van der Waals surface area contributed by atoms with Gasteiger partial charge in [0.1, 0.15) is 17.0 Å². The highest BCUT2D eigenvalue weighted by Gasteiger charge is 2.15. The molecule has 108 valence electrons. The Bertz CT molecular complexity index is 591. The zero-order chi connectivity index (χ0) is 14.5. The number of thiazole rings is 1. The van der Waals surface area contributed by atoms with Crippen LogP contribution in [0, 0.1) is 0 Å². The summed E-state index contributed by atoms with van der Waals surface area (Å²) in [6.07, 6.45) is 2.20. The Morgan fingerprint density at radius 1 is 1.55 bits per heavy atom. The Hall–Kier alpha value is -2.16. The smallest absolute Gasteiger partial charge is 0.265 e. The van der Waals surface area contributed by atoms with Crippen molar-refractivity contribution in [1.29, 1.82) is 0 Å². The maximum absolute atomic E-state index is 12.0. The zero-order valence-electron chi connectivity index (χ0n) is 11.4. The molecule has 2 heterocycles. The van der Waals surface area contributed by atoms with E-state index in [1.807, 2.05) is 6.92 Å². The maximum Gasteiger partial charge on any atom is 0.265 e. The van der Waals surface area contributed by atoms with E-state index in [9.17, 15) is 4.79 Å². The van der Waals surface area contributed by atoms with E-state index >= 15 is 0 Å². The molecule has 0 spiro atoms. The van der Waals surface area contributed by atoms with Gasteiger partial charge < -0.3 is 16.4 Å². The van der Waals surface area contributed by atoms with Crippen LogP contribution >= 0.6 is 11.3 Å². The predicted octanol–water partition coefficient (Wildman–Crippen LogP) is 0.258. The number of carbonyl (C=O) groups is 1. The highest BCUT2D eigenvalue weighted by atomic mass is 32.1. The molecule has 0 radical (unpaired) electrons. The van der Waals surface area contributed by atoms with E-state index < -0.39 is 0 Å². The molecule has 0 atom stereocenters. The van der Waals surface area contributed by atoms with E-state index in [2.05, 4.69) is 25.7 Å². The molecule has 9 heteroatoms. The van der Waals surface area contributed by atoms with Crippen molar-refractivity contribution in [3.63, 3.8) is 0 Å². The number of amides is 1. The number of aryl methyl sites for hydroxylation is 1. The molecule has 2 rings (SSSR count). The van der Waals surface area contributed by atoms with Crippen molar-refractivity contribution in [2.75, 3.05) is 24.1 Å². The second-order valence-corrected chi connectivity index (χ2v) is 5.10. The van der Waals surface area contributed by atoms with Crippen LogP contribution in [0.1, 0.15) is 22.4 Å². The fraction of sp³-hybridized carbons (Fsp3) is 0.455. The van der Waals surface area contributed by atoms with E-state index in [1.54, 1.807) is 18.1 Å². The quantitative estimate of drug-likeness (QED) is 0.705. The number of hydrogen-bond donors (Lipinski definition) is 3. The van der Waals surface area contributed by atoms with E-state index in [0.29, 0.717) is 28.8 Å². The molecule has 0 unspecified atom stereocenters. The lowest BCUT2D eigenvalue weighted by Crippen LogP contribution is -2.25. The van der Waals surface area contributed by atoms with Gasteiger partial charge in [-0.05, 0) is 6.92 Å². The van der Waals surface area contributed by atoms with Gasteiger partial charge in [0.15, 0.2) is 11.0 Å². The molecular formula is C11H17N7OS. The number of nitrogens with one attached hydrogen (secondary N) is 2. The number of nitrogens with two attached hydrogens (primary N) is 1. The van der Waals surface area contributed by atoms with Crippen molar-refractivity contribution in [1.82, 2.24) is 25.1 Å². The predicted molar refractivity (Wildman–Crippen MR) is 77.7 cm³/mol. The Balaban J connectivity index is 1.88. The van der Waals surface area contributed by atoms with Gasteiger partial charge in [-0.2, -0.15) is 5.10 Å². The van der Waals surface area contributed by atoms with Gasteiger partial charge >= 0.3 is 0 Å². The molecule has 0 aliphatic rings. The summed E-state index contributed by atoms with van der Waals surface area (Å²) in [5.41, 5.74) is 5.73. The molecule has 0 saturated heterocycles. The Kier molecular flexibility index (Phi) is 4.51. The standard InChI is InChI=1S/C11H17N7OS/c1-3-13-11-16-9(12)8(20-11)10(19)14-5-4-7-15-6-18(2)17-7/h6H,3-5,12H2,1-2H3,(H,13,16)(H,14,19). The molecule has 0 aliphatic carbocycles. The van der Waals surface area contributed by atoms with Crippen molar-refractivity contribution in [3.8, 4) is 0 Å². The van der Waals surface area contributed by atoms with Crippen LogP contribution in [-0.2, 0) is 13.5 Å². The van der Waals surface area contributed by atoms with Crippen molar-refractivity contribution in [2.45, 2.75) is 13.3 Å². The second kappa shape index (κ2) is 6.33. The fourth-order valence-electron chi connectivity index (χ4n) is 1.59. The molecule has 0 bridgehead atoms. The number of anilines is 2. The minimum atomic E-state index is -0.222. The van der Waals surface area contributed by atoms with Crippen LogP contribution in [0.3, 0.4) is 0 Å². The van der Waals surface area contributed by atoms with Crippen molar-refractivity contribution < 1.29 is 4.79 Å². The number of aromatic nitrogens is 4. The molecule has 8 nitrogen and oxygen atoms in total. The summed E-state index contributed by atoms with van der Waals surface area (Å²) >= 11 is 1.25. The van der Waals surface area contributed by atoms with Gasteiger partial charge in [-0.15, -0.1) is 0 Å². The highest BCUT2D eigenvalue weighted by molar-refractivity contribution is 7.18. The van der Waals surface area contributed by atoms with Crippen molar-refractivity contribution >= 4 is 28.2 Å². The van der Waals surface area contributed by atoms with Crippen LogP contribution < -0.4 is 16.4 Å². The minimum Gasteiger partial charge on any atom is -0.382 e. The molecule has 1 amide bonds. The largest absolute Gasteiger partial charge is 0.382 e. The highest BCUT2D eigenvalue weighted by Crippen LogP contribution is 2.24. The summed E-state index contributed by atoms with van der Waals surface area (Å²) in [6, 6.07) is 0. The molecule has 0 saturated carbocycles. The van der Waals surface area contributed by atoms with Gasteiger partial charge in [-0.25, -0.2) is 9.97 Å². The van der Waals surface area contributed by atoms with Gasteiger partial charge in [-0.1, -0.05) is 11.3 Å².